The minimum Gasteiger partial charge on any atom is -0.463 e. The number of nitrogens with zero attached hydrogens (tertiary/aromatic N) is 1. The number of carbonyl (C=O) groups excluding carboxylic acids is 2. The van der Waals surface area contributed by atoms with Crippen molar-refractivity contribution in [2.75, 3.05) is 20.5 Å². The van der Waals surface area contributed by atoms with E-state index in [0.29, 0.717) is 0 Å². The monoisotopic (exact) mass is 530 g/mol. The van der Waals surface area contributed by atoms with Gasteiger partial charge in [0.2, 0.25) is 6.79 Å². The van der Waals surface area contributed by atoms with Crippen molar-refractivity contribution in [3.05, 3.63) is 119 Å². The molecule has 194 valence electrons. The number of esters is 1. The van der Waals surface area contributed by atoms with Crippen LogP contribution in [0.5, 0.6) is 0 Å². The van der Waals surface area contributed by atoms with Gasteiger partial charge in [-0.3, -0.25) is 4.79 Å². The second-order valence-electron chi connectivity index (χ2n) is 8.94. The molecule has 1 aliphatic rings. The van der Waals surface area contributed by atoms with Gasteiger partial charge in [0, 0.05) is 19.4 Å². The zero-order chi connectivity index (χ0) is 26.5. The highest BCUT2D eigenvalue weighted by Crippen LogP contribution is 2.44. The van der Waals surface area contributed by atoms with Crippen LogP contribution < -0.4 is 10.2 Å². The van der Waals surface area contributed by atoms with Gasteiger partial charge >= 0.3 is 5.97 Å². The predicted molar refractivity (Wildman–Crippen MR) is 144 cm³/mol. The van der Waals surface area contributed by atoms with E-state index in [0.717, 1.165) is 32.5 Å². The maximum Gasteiger partial charge on any atom is 0.329 e. The third kappa shape index (κ3) is 5.30. The van der Waals surface area contributed by atoms with Gasteiger partial charge in [-0.2, -0.15) is 4.73 Å². The number of rotatable bonds is 10. The fraction of sp³-hybridized carbons (Fsp3) is 0.200. The van der Waals surface area contributed by atoms with E-state index in [9.17, 15) is 9.59 Å². The Labute approximate surface area is 225 Å². The first-order chi connectivity index (χ1) is 18.6. The fourth-order valence-electron chi connectivity index (χ4n) is 4.78. The fourth-order valence-corrected chi connectivity index (χ4v) is 4.99. The Morgan fingerprint density at radius 2 is 1.53 bits per heavy atom. The van der Waals surface area contributed by atoms with E-state index in [1.165, 1.54) is 19.2 Å². The number of halogens is 1. The molecule has 1 heterocycles. The minimum absolute atomic E-state index is 0.0853. The number of fused-ring (bicyclic) bond motifs is 3. The maximum absolute atomic E-state index is 13.4. The van der Waals surface area contributed by atoms with E-state index < -0.39 is 17.9 Å². The van der Waals surface area contributed by atoms with Gasteiger partial charge in [-0.15, -0.1) is 0 Å². The molecule has 38 heavy (non-hydrogen) atoms. The summed E-state index contributed by atoms with van der Waals surface area (Å²) < 4.78 is 12.0. The van der Waals surface area contributed by atoms with Crippen molar-refractivity contribution in [2.45, 2.75) is 18.4 Å². The van der Waals surface area contributed by atoms with Crippen molar-refractivity contribution in [2.24, 2.45) is 0 Å². The molecule has 0 spiro atoms. The van der Waals surface area contributed by atoms with Gasteiger partial charge in [0.15, 0.2) is 0 Å². The summed E-state index contributed by atoms with van der Waals surface area (Å²) in [5.41, 5.74) is 5.55. The topological polar surface area (TPSA) is 78.8 Å². The standard InChI is InChI=1S/C30H27ClN2O5/c1-36-19-38-33-27(15-16-28(33)31)29(34)32-26(17-20-9-3-2-4-10-20)30(35)37-18-25-23-13-7-5-11-21(23)22-12-6-8-14-24(22)25/h2-16,25-26H,17-19H2,1H3,(H,32,34)/t26-/m0/s1. The Morgan fingerprint density at radius 3 is 2.18 bits per heavy atom. The molecule has 0 fully saturated rings. The molecular formula is C30H27ClN2O5. The first-order valence-corrected chi connectivity index (χ1v) is 12.6. The summed E-state index contributed by atoms with van der Waals surface area (Å²) in [5, 5.41) is 3.01. The van der Waals surface area contributed by atoms with Gasteiger partial charge < -0.3 is 19.6 Å². The lowest BCUT2D eigenvalue weighted by Gasteiger charge is -2.20. The van der Waals surface area contributed by atoms with Crippen molar-refractivity contribution in [1.29, 1.82) is 0 Å². The lowest BCUT2D eigenvalue weighted by molar-refractivity contribution is -0.146. The quantitative estimate of drug-likeness (QED) is 0.234. The van der Waals surface area contributed by atoms with Crippen molar-refractivity contribution >= 4 is 23.5 Å². The number of hydrogen-bond donors (Lipinski definition) is 1. The Morgan fingerprint density at radius 1 is 0.895 bits per heavy atom. The molecule has 1 aliphatic carbocycles. The van der Waals surface area contributed by atoms with Crippen LogP contribution in [-0.2, 0) is 20.7 Å². The molecule has 0 aliphatic heterocycles. The number of amides is 1. The van der Waals surface area contributed by atoms with Crippen molar-refractivity contribution in [3.63, 3.8) is 0 Å². The molecule has 8 heteroatoms. The minimum atomic E-state index is -0.929. The number of ether oxygens (including phenoxy) is 2. The van der Waals surface area contributed by atoms with Gasteiger partial charge in [0.1, 0.15) is 23.5 Å². The van der Waals surface area contributed by atoms with Crippen LogP contribution in [0.25, 0.3) is 11.1 Å². The largest absolute Gasteiger partial charge is 0.463 e. The third-order valence-electron chi connectivity index (χ3n) is 6.55. The molecule has 1 amide bonds. The molecule has 1 aromatic heterocycles. The van der Waals surface area contributed by atoms with Crippen LogP contribution in [0.15, 0.2) is 91.0 Å². The number of hydrogen-bond acceptors (Lipinski definition) is 5. The molecular weight excluding hydrogens is 504 g/mol. The molecule has 1 atom stereocenters. The van der Waals surface area contributed by atoms with Crippen LogP contribution >= 0.6 is 11.6 Å². The van der Waals surface area contributed by atoms with E-state index in [1.807, 2.05) is 54.6 Å². The van der Waals surface area contributed by atoms with E-state index in [1.54, 1.807) is 0 Å². The summed E-state index contributed by atoms with van der Waals surface area (Å²) in [6.07, 6.45) is 0.261. The van der Waals surface area contributed by atoms with Crippen molar-refractivity contribution in [3.8, 4) is 11.1 Å². The zero-order valence-corrected chi connectivity index (χ0v) is 21.6. The summed E-state index contributed by atoms with van der Waals surface area (Å²) in [6, 6.07) is 27.9. The summed E-state index contributed by atoms with van der Waals surface area (Å²) in [5.74, 6) is -1.13. The Bertz CT molecular complexity index is 1390. The van der Waals surface area contributed by atoms with E-state index in [4.69, 9.17) is 25.9 Å². The molecule has 0 radical (unpaired) electrons. The molecule has 3 aromatic carbocycles. The normalized spacial score (nSPS) is 12.9. The molecule has 5 rings (SSSR count). The average molecular weight is 531 g/mol. The lowest BCUT2D eigenvalue weighted by Crippen LogP contribution is -2.44. The van der Waals surface area contributed by atoms with Crippen LogP contribution in [-0.4, -0.2) is 43.2 Å². The predicted octanol–water partition coefficient (Wildman–Crippen LogP) is 4.87. The van der Waals surface area contributed by atoms with Crippen LogP contribution in [0.3, 0.4) is 0 Å². The van der Waals surface area contributed by atoms with Gasteiger partial charge in [0.05, 0.1) is 0 Å². The molecule has 7 nitrogen and oxygen atoms in total. The third-order valence-corrected chi connectivity index (χ3v) is 6.83. The van der Waals surface area contributed by atoms with Crippen LogP contribution in [0, 0.1) is 0 Å². The highest BCUT2D eigenvalue weighted by molar-refractivity contribution is 6.30. The average Bonchev–Trinajstić information content (AvgIpc) is 3.48. The first kappa shape index (κ1) is 25.6. The zero-order valence-electron chi connectivity index (χ0n) is 20.8. The van der Waals surface area contributed by atoms with E-state index in [-0.39, 0.29) is 36.6 Å². The lowest BCUT2D eigenvalue weighted by atomic mass is 9.98. The Hall–Kier alpha value is -4.07. The number of aromatic nitrogens is 1. The molecule has 1 N–H and O–H groups in total. The van der Waals surface area contributed by atoms with E-state index in [2.05, 4.69) is 29.6 Å². The van der Waals surface area contributed by atoms with Crippen LogP contribution in [0.4, 0.5) is 0 Å². The van der Waals surface area contributed by atoms with Gasteiger partial charge in [-0.25, -0.2) is 4.79 Å². The molecule has 0 bridgehead atoms. The molecule has 0 saturated heterocycles. The number of carbonyl (C=O) groups is 2. The number of benzene rings is 3. The van der Waals surface area contributed by atoms with Gasteiger partial charge in [-0.05, 0) is 39.9 Å². The second kappa shape index (κ2) is 11.5. The summed E-state index contributed by atoms with van der Waals surface area (Å²) >= 11 is 6.17. The van der Waals surface area contributed by atoms with Crippen LogP contribution in [0.1, 0.15) is 33.1 Å². The molecule has 4 aromatic rings. The SMILES string of the molecule is COCOn1c(Cl)ccc1C(=O)N[C@@H](Cc1ccccc1)C(=O)OCC1c2ccccc2-c2ccccc21. The highest BCUT2D eigenvalue weighted by atomic mass is 35.5. The smallest absolute Gasteiger partial charge is 0.329 e. The molecule has 0 saturated carbocycles. The summed E-state index contributed by atoms with van der Waals surface area (Å²) in [6.45, 7) is 0.0572. The second-order valence-corrected chi connectivity index (χ2v) is 9.33. The van der Waals surface area contributed by atoms with Crippen LogP contribution in [0.2, 0.25) is 5.15 Å². The number of nitrogens with one attached hydrogen (secondary N) is 1. The maximum atomic E-state index is 13.4. The number of methoxy groups -OCH3 is 1. The first-order valence-electron chi connectivity index (χ1n) is 12.3. The Kier molecular flexibility index (Phi) is 7.77. The van der Waals surface area contributed by atoms with Gasteiger partial charge in [0.25, 0.3) is 5.91 Å². The summed E-state index contributed by atoms with van der Waals surface area (Å²) in [7, 11) is 1.46. The Balaban J connectivity index is 1.35. The van der Waals surface area contributed by atoms with Gasteiger partial charge in [-0.1, -0.05) is 90.5 Å². The van der Waals surface area contributed by atoms with Crippen molar-refractivity contribution in [1.82, 2.24) is 10.0 Å². The summed E-state index contributed by atoms with van der Waals surface area (Å²) in [4.78, 5) is 32.1. The highest BCUT2D eigenvalue weighted by Gasteiger charge is 2.31. The van der Waals surface area contributed by atoms with Crippen molar-refractivity contribution < 1.29 is 23.9 Å². The van der Waals surface area contributed by atoms with E-state index >= 15 is 0 Å². The molecule has 0 unspecified atom stereocenters.